The lowest BCUT2D eigenvalue weighted by molar-refractivity contribution is -0.130. The zero-order chi connectivity index (χ0) is 13.5. The number of amides is 1. The van der Waals surface area contributed by atoms with Crippen molar-refractivity contribution in [1.29, 1.82) is 0 Å². The number of nitrogens with one attached hydrogen (secondary N) is 1. The highest BCUT2D eigenvalue weighted by Crippen LogP contribution is 2.10. The van der Waals surface area contributed by atoms with Gasteiger partial charge in [0.1, 0.15) is 5.82 Å². The average Bonchev–Trinajstić information content (AvgIpc) is 2.62. The molecule has 0 bridgehead atoms. The molecule has 0 aliphatic carbocycles. The molecule has 0 saturated carbocycles. The van der Waals surface area contributed by atoms with Crippen LogP contribution in [-0.2, 0) is 11.3 Å². The quantitative estimate of drug-likeness (QED) is 0.848. The Kier molecular flexibility index (Phi) is 7.55. The molecule has 112 valence electrons. The van der Waals surface area contributed by atoms with E-state index in [0.717, 1.165) is 25.8 Å². The van der Waals surface area contributed by atoms with Crippen LogP contribution < -0.4 is 5.32 Å². The zero-order valence-corrected chi connectivity index (χ0v) is 12.4. The predicted molar refractivity (Wildman–Crippen MR) is 80.4 cm³/mol. The van der Waals surface area contributed by atoms with E-state index in [1.54, 1.807) is 12.1 Å². The fourth-order valence-corrected chi connectivity index (χ4v) is 2.35. The van der Waals surface area contributed by atoms with Crippen molar-refractivity contribution in [2.24, 2.45) is 0 Å². The van der Waals surface area contributed by atoms with Gasteiger partial charge < -0.3 is 10.2 Å². The second-order valence-electron chi connectivity index (χ2n) is 4.96. The highest BCUT2D eigenvalue weighted by molar-refractivity contribution is 5.85. The lowest BCUT2D eigenvalue weighted by Gasteiger charge is -2.20. The molecule has 1 aromatic rings. The van der Waals surface area contributed by atoms with Gasteiger partial charge in [-0.05, 0) is 18.9 Å². The maximum Gasteiger partial charge on any atom is 0.222 e. The van der Waals surface area contributed by atoms with Crippen LogP contribution in [0.4, 0.5) is 4.39 Å². The molecule has 0 unspecified atom stereocenters. The number of carbonyl (C=O) groups excluding carboxylic acids is 1. The molecule has 1 saturated heterocycles. The molecule has 2 rings (SSSR count). The van der Waals surface area contributed by atoms with Gasteiger partial charge in [-0.15, -0.1) is 12.4 Å². The van der Waals surface area contributed by atoms with E-state index >= 15 is 0 Å². The standard InChI is InChI=1S/C15H21FN2O.ClH/c16-14-7-4-3-6-13(14)12-17-9-11-18-10-5-1-2-8-15(18)19;/h3-4,6-7,17H,1-2,5,8-12H2;1H. The predicted octanol–water partition coefficient (Wildman–Crippen LogP) is 2.74. The normalized spacial score (nSPS) is 15.7. The summed E-state index contributed by atoms with van der Waals surface area (Å²) in [5, 5.41) is 3.20. The number of hydrogen-bond acceptors (Lipinski definition) is 2. The van der Waals surface area contributed by atoms with Gasteiger partial charge in [0.15, 0.2) is 0 Å². The van der Waals surface area contributed by atoms with E-state index in [2.05, 4.69) is 5.32 Å². The Balaban J connectivity index is 0.00000200. The van der Waals surface area contributed by atoms with E-state index in [9.17, 15) is 9.18 Å². The third-order valence-corrected chi connectivity index (χ3v) is 3.50. The van der Waals surface area contributed by atoms with Crippen LogP contribution in [0.2, 0.25) is 0 Å². The summed E-state index contributed by atoms with van der Waals surface area (Å²) in [5.41, 5.74) is 0.671. The number of carbonyl (C=O) groups is 1. The average molecular weight is 301 g/mol. The number of halogens is 2. The molecule has 1 N–H and O–H groups in total. The summed E-state index contributed by atoms with van der Waals surface area (Å²) >= 11 is 0. The molecule has 1 heterocycles. The first-order valence-corrected chi connectivity index (χ1v) is 6.99. The summed E-state index contributed by atoms with van der Waals surface area (Å²) < 4.78 is 13.4. The summed E-state index contributed by atoms with van der Waals surface area (Å²) in [6.45, 7) is 2.79. The van der Waals surface area contributed by atoms with Crippen molar-refractivity contribution in [2.45, 2.75) is 32.2 Å². The largest absolute Gasteiger partial charge is 0.341 e. The van der Waals surface area contributed by atoms with E-state index in [1.807, 2.05) is 11.0 Å². The topological polar surface area (TPSA) is 32.3 Å². The van der Waals surface area contributed by atoms with Crippen LogP contribution in [0.1, 0.15) is 31.2 Å². The Morgan fingerprint density at radius 2 is 2.00 bits per heavy atom. The van der Waals surface area contributed by atoms with Gasteiger partial charge in [0.25, 0.3) is 0 Å². The summed E-state index contributed by atoms with van der Waals surface area (Å²) in [4.78, 5) is 13.7. The molecule has 0 aromatic heterocycles. The molecule has 1 aromatic carbocycles. The maximum absolute atomic E-state index is 13.4. The number of benzene rings is 1. The minimum absolute atomic E-state index is 0. The molecule has 1 aliphatic heterocycles. The minimum atomic E-state index is -0.180. The highest BCUT2D eigenvalue weighted by atomic mass is 35.5. The summed E-state index contributed by atoms with van der Waals surface area (Å²) in [7, 11) is 0. The molecule has 1 aliphatic rings. The molecular formula is C15H22ClFN2O. The molecule has 1 fully saturated rings. The van der Waals surface area contributed by atoms with Crippen LogP contribution in [0.3, 0.4) is 0 Å². The Hall–Kier alpha value is -1.13. The molecule has 5 heteroatoms. The smallest absolute Gasteiger partial charge is 0.222 e. The van der Waals surface area contributed by atoms with Gasteiger partial charge in [-0.2, -0.15) is 0 Å². The van der Waals surface area contributed by atoms with Crippen LogP contribution in [0.25, 0.3) is 0 Å². The summed E-state index contributed by atoms with van der Waals surface area (Å²) in [6.07, 6.45) is 3.93. The van der Waals surface area contributed by atoms with E-state index in [4.69, 9.17) is 0 Å². The Labute approximate surface area is 125 Å². The highest BCUT2D eigenvalue weighted by Gasteiger charge is 2.15. The first-order valence-electron chi connectivity index (χ1n) is 6.99. The van der Waals surface area contributed by atoms with Crippen molar-refractivity contribution >= 4 is 18.3 Å². The molecule has 0 atom stereocenters. The molecule has 20 heavy (non-hydrogen) atoms. The van der Waals surface area contributed by atoms with E-state index in [0.29, 0.717) is 31.6 Å². The summed E-state index contributed by atoms with van der Waals surface area (Å²) in [6, 6.07) is 6.77. The SMILES string of the molecule is Cl.O=C1CCCCCN1CCNCc1ccccc1F. The number of nitrogens with zero attached hydrogens (tertiary/aromatic N) is 1. The van der Waals surface area contributed by atoms with E-state index in [-0.39, 0.29) is 24.1 Å². The van der Waals surface area contributed by atoms with Crippen molar-refractivity contribution in [3.8, 4) is 0 Å². The van der Waals surface area contributed by atoms with Crippen molar-refractivity contribution in [1.82, 2.24) is 10.2 Å². The molecule has 0 spiro atoms. The van der Waals surface area contributed by atoms with Crippen LogP contribution in [0.5, 0.6) is 0 Å². The van der Waals surface area contributed by atoms with Crippen LogP contribution in [0.15, 0.2) is 24.3 Å². The van der Waals surface area contributed by atoms with Gasteiger partial charge in [0, 0.05) is 38.2 Å². The second-order valence-corrected chi connectivity index (χ2v) is 4.96. The van der Waals surface area contributed by atoms with Crippen LogP contribution in [0, 0.1) is 5.82 Å². The lowest BCUT2D eigenvalue weighted by atomic mass is 10.2. The van der Waals surface area contributed by atoms with Crippen molar-refractivity contribution in [3.05, 3.63) is 35.6 Å². The zero-order valence-electron chi connectivity index (χ0n) is 11.6. The summed E-state index contributed by atoms with van der Waals surface area (Å²) in [5.74, 6) is 0.0750. The van der Waals surface area contributed by atoms with E-state index in [1.165, 1.54) is 6.07 Å². The number of likely N-dealkylation sites (tertiary alicyclic amines) is 1. The molecule has 0 radical (unpaired) electrons. The monoisotopic (exact) mass is 300 g/mol. The Morgan fingerprint density at radius 3 is 2.80 bits per heavy atom. The fourth-order valence-electron chi connectivity index (χ4n) is 2.35. The molecule has 3 nitrogen and oxygen atoms in total. The van der Waals surface area contributed by atoms with Gasteiger partial charge >= 0.3 is 0 Å². The van der Waals surface area contributed by atoms with Gasteiger partial charge in [0.05, 0.1) is 0 Å². The minimum Gasteiger partial charge on any atom is -0.341 e. The van der Waals surface area contributed by atoms with Crippen molar-refractivity contribution in [2.75, 3.05) is 19.6 Å². The van der Waals surface area contributed by atoms with Gasteiger partial charge in [-0.3, -0.25) is 4.79 Å². The van der Waals surface area contributed by atoms with Gasteiger partial charge in [-0.25, -0.2) is 4.39 Å². The first-order chi connectivity index (χ1) is 9.27. The first kappa shape index (κ1) is 16.9. The molecule has 1 amide bonds. The van der Waals surface area contributed by atoms with Gasteiger partial charge in [-0.1, -0.05) is 24.6 Å². The lowest BCUT2D eigenvalue weighted by Crippen LogP contribution is -2.36. The third kappa shape index (κ3) is 5.10. The maximum atomic E-state index is 13.4. The van der Waals surface area contributed by atoms with Crippen LogP contribution >= 0.6 is 12.4 Å². The second kappa shape index (κ2) is 8.93. The van der Waals surface area contributed by atoms with Gasteiger partial charge in [0.2, 0.25) is 5.91 Å². The molecular weight excluding hydrogens is 279 g/mol. The van der Waals surface area contributed by atoms with Crippen molar-refractivity contribution in [3.63, 3.8) is 0 Å². The Bertz CT molecular complexity index is 428. The number of hydrogen-bond donors (Lipinski definition) is 1. The Morgan fingerprint density at radius 1 is 1.20 bits per heavy atom. The van der Waals surface area contributed by atoms with Crippen LogP contribution in [-0.4, -0.2) is 30.4 Å². The number of rotatable bonds is 5. The van der Waals surface area contributed by atoms with E-state index < -0.39 is 0 Å². The van der Waals surface area contributed by atoms with Crippen molar-refractivity contribution < 1.29 is 9.18 Å². The third-order valence-electron chi connectivity index (χ3n) is 3.50. The fraction of sp³-hybridized carbons (Fsp3) is 0.533.